The second-order valence-corrected chi connectivity index (χ2v) is 3.92. The highest BCUT2D eigenvalue weighted by Gasteiger charge is 2.14. The van der Waals surface area contributed by atoms with Gasteiger partial charge in [0, 0.05) is 5.56 Å². The summed E-state index contributed by atoms with van der Waals surface area (Å²) in [4.78, 5) is 9.51. The van der Waals surface area contributed by atoms with Gasteiger partial charge in [-0.15, -0.1) is 3.89 Å². The van der Waals surface area contributed by atoms with Gasteiger partial charge in [-0.05, 0) is 12.1 Å². The fraction of sp³-hybridized carbons (Fsp3) is 0.100. The Balaban J connectivity index is 3.21. The number of aldehydes is 1. The molecule has 3 nitrogen and oxygen atoms in total. The van der Waals surface area contributed by atoms with Crippen molar-refractivity contribution in [3.63, 3.8) is 0 Å². The molecule has 0 unspecified atom stereocenters. The molecule has 0 N–H and O–H groups in total. The summed E-state index contributed by atoms with van der Waals surface area (Å²) in [5, 5.41) is 0. The second kappa shape index (κ2) is 4.71. The first-order valence-corrected chi connectivity index (χ1v) is 5.40. The Hall–Kier alpha value is -1.67. The van der Waals surface area contributed by atoms with Crippen LogP contribution in [0.3, 0.4) is 0 Å². The van der Waals surface area contributed by atoms with E-state index in [1.165, 1.54) is 12.1 Å². The lowest BCUT2D eigenvalue weighted by molar-refractivity contribution is -0.107. The third-order valence-electron chi connectivity index (χ3n) is 1.56. The van der Waals surface area contributed by atoms with E-state index in [4.69, 9.17) is 0 Å². The maximum absolute atomic E-state index is 12.7. The molecule has 5 heteroatoms. The molecule has 0 aromatic heterocycles. The van der Waals surface area contributed by atoms with Crippen LogP contribution < -0.4 is 0 Å². The smallest absolute Gasteiger partial charge is 0.302 e. The summed E-state index contributed by atoms with van der Waals surface area (Å²) in [5.41, 5.74) is 0.0573. The van der Waals surface area contributed by atoms with Gasteiger partial charge in [0.15, 0.2) is 0 Å². The first-order valence-electron chi connectivity index (χ1n) is 4.02. The highest BCUT2D eigenvalue weighted by atomic mass is 32.3. The average Bonchev–Trinajstić information content (AvgIpc) is 2.17. The lowest BCUT2D eigenvalue weighted by Gasteiger charge is -1.97. The maximum Gasteiger partial charge on any atom is 0.333 e. The van der Waals surface area contributed by atoms with Gasteiger partial charge in [-0.3, -0.25) is 0 Å². The molecule has 1 rings (SSSR count). The number of carbonyl (C=O) groups excluding carboxylic acids is 1. The summed E-state index contributed by atoms with van der Waals surface area (Å²) in [6.45, 7) is 0. The van der Waals surface area contributed by atoms with Gasteiger partial charge in [-0.2, -0.15) is 8.42 Å². The van der Waals surface area contributed by atoms with Crippen LogP contribution >= 0.6 is 0 Å². The third-order valence-corrected chi connectivity index (χ3v) is 2.44. The van der Waals surface area contributed by atoms with Crippen LogP contribution in [0.5, 0.6) is 0 Å². The number of hydrogen-bond donors (Lipinski definition) is 0. The topological polar surface area (TPSA) is 51.2 Å². The molecule has 78 valence electrons. The van der Waals surface area contributed by atoms with E-state index in [0.29, 0.717) is 6.29 Å². The molecule has 0 aliphatic carbocycles. The molecule has 0 fully saturated rings. The van der Waals surface area contributed by atoms with Crippen LogP contribution in [0.2, 0.25) is 0 Å². The van der Waals surface area contributed by atoms with Crippen LogP contribution in [0, 0.1) is 11.8 Å². The standard InChI is InChI=1S/C10H7FO3S/c11-15(13,14)10-7-2-1-5-9(10)6-3-4-8-12/h1-2,5,7-8H,4H2. The van der Waals surface area contributed by atoms with Crippen molar-refractivity contribution < 1.29 is 17.1 Å². The SMILES string of the molecule is O=CCC#Cc1ccccc1S(=O)(=O)F. The Kier molecular flexibility index (Phi) is 3.58. The van der Waals surface area contributed by atoms with E-state index >= 15 is 0 Å². The summed E-state index contributed by atoms with van der Waals surface area (Å²) >= 11 is 0. The van der Waals surface area contributed by atoms with Crippen molar-refractivity contribution in [1.29, 1.82) is 0 Å². The summed E-state index contributed by atoms with van der Waals surface area (Å²) in [7, 11) is -4.76. The number of halogens is 1. The predicted octanol–water partition coefficient (Wildman–Crippen LogP) is 1.29. The van der Waals surface area contributed by atoms with Crippen molar-refractivity contribution in [1.82, 2.24) is 0 Å². The van der Waals surface area contributed by atoms with Gasteiger partial charge in [0.1, 0.15) is 11.2 Å². The Morgan fingerprint density at radius 1 is 1.33 bits per heavy atom. The Labute approximate surface area is 87.1 Å². The van der Waals surface area contributed by atoms with Crippen molar-refractivity contribution >= 4 is 16.5 Å². The van der Waals surface area contributed by atoms with Gasteiger partial charge >= 0.3 is 10.2 Å². The van der Waals surface area contributed by atoms with Gasteiger partial charge in [-0.25, -0.2) is 0 Å². The van der Waals surface area contributed by atoms with Gasteiger partial charge in [0.05, 0.1) is 6.42 Å². The Bertz CT molecular complexity index is 523. The van der Waals surface area contributed by atoms with Crippen LogP contribution in [-0.4, -0.2) is 14.7 Å². The van der Waals surface area contributed by atoms with Gasteiger partial charge in [-0.1, -0.05) is 24.0 Å². The van der Waals surface area contributed by atoms with Crippen LogP contribution in [-0.2, 0) is 15.0 Å². The van der Waals surface area contributed by atoms with E-state index in [0.717, 1.165) is 6.07 Å². The van der Waals surface area contributed by atoms with Crippen molar-refractivity contribution in [2.45, 2.75) is 11.3 Å². The molecule has 0 spiro atoms. The van der Waals surface area contributed by atoms with E-state index in [1.807, 2.05) is 0 Å². The fourth-order valence-corrected chi connectivity index (χ4v) is 1.59. The molecule has 0 heterocycles. The second-order valence-electron chi connectivity index (χ2n) is 2.61. The fourth-order valence-electron chi connectivity index (χ4n) is 0.970. The lowest BCUT2D eigenvalue weighted by Crippen LogP contribution is -1.95. The molecular formula is C10H7FO3S. The van der Waals surface area contributed by atoms with Gasteiger partial charge in [0.2, 0.25) is 0 Å². The molecule has 0 bridgehead atoms. The molecule has 1 aromatic rings. The highest BCUT2D eigenvalue weighted by Crippen LogP contribution is 2.16. The van der Waals surface area contributed by atoms with E-state index in [-0.39, 0.29) is 12.0 Å². The van der Waals surface area contributed by atoms with Crippen LogP contribution in [0.1, 0.15) is 12.0 Å². The summed E-state index contributed by atoms with van der Waals surface area (Å²) in [6, 6.07) is 5.45. The molecule has 15 heavy (non-hydrogen) atoms. The molecule has 0 aliphatic rings. The van der Waals surface area contributed by atoms with Crippen molar-refractivity contribution in [3.8, 4) is 11.8 Å². The number of carbonyl (C=O) groups is 1. The Morgan fingerprint density at radius 2 is 2.00 bits per heavy atom. The molecule has 0 atom stereocenters. The van der Waals surface area contributed by atoms with E-state index in [2.05, 4.69) is 11.8 Å². The third kappa shape index (κ3) is 3.18. The quantitative estimate of drug-likeness (QED) is 0.433. The minimum absolute atomic E-state index is 0.0132. The monoisotopic (exact) mass is 226 g/mol. The van der Waals surface area contributed by atoms with Crippen molar-refractivity contribution in [3.05, 3.63) is 29.8 Å². The number of rotatable bonds is 2. The first kappa shape index (κ1) is 11.4. The lowest BCUT2D eigenvalue weighted by atomic mass is 10.2. The molecule has 0 amide bonds. The zero-order chi connectivity index (χ0) is 11.3. The van der Waals surface area contributed by atoms with E-state index < -0.39 is 15.1 Å². The molecule has 0 aliphatic heterocycles. The Morgan fingerprint density at radius 3 is 2.60 bits per heavy atom. The molecule has 0 radical (unpaired) electrons. The zero-order valence-corrected chi connectivity index (χ0v) is 8.42. The van der Waals surface area contributed by atoms with E-state index in [9.17, 15) is 17.1 Å². The zero-order valence-electron chi connectivity index (χ0n) is 7.60. The minimum atomic E-state index is -4.76. The van der Waals surface area contributed by atoms with Crippen LogP contribution in [0.15, 0.2) is 29.2 Å². The molecular weight excluding hydrogens is 219 g/mol. The van der Waals surface area contributed by atoms with Crippen molar-refractivity contribution in [2.75, 3.05) is 0 Å². The number of hydrogen-bond acceptors (Lipinski definition) is 3. The van der Waals surface area contributed by atoms with E-state index in [1.54, 1.807) is 6.07 Å². The predicted molar refractivity (Wildman–Crippen MR) is 52.3 cm³/mol. The first-order chi connectivity index (χ1) is 7.05. The molecule has 0 saturated carbocycles. The number of benzene rings is 1. The van der Waals surface area contributed by atoms with Crippen LogP contribution in [0.25, 0.3) is 0 Å². The summed E-state index contributed by atoms with van der Waals surface area (Å²) in [6.07, 6.45) is 0.570. The normalized spacial score (nSPS) is 10.2. The largest absolute Gasteiger partial charge is 0.333 e. The average molecular weight is 226 g/mol. The maximum atomic E-state index is 12.7. The van der Waals surface area contributed by atoms with Crippen LogP contribution in [0.4, 0.5) is 3.89 Å². The molecule has 0 saturated heterocycles. The minimum Gasteiger partial charge on any atom is -0.302 e. The summed E-state index contributed by atoms with van der Waals surface area (Å²) in [5.74, 6) is 4.83. The van der Waals surface area contributed by atoms with Gasteiger partial charge < -0.3 is 4.79 Å². The highest BCUT2D eigenvalue weighted by molar-refractivity contribution is 7.86. The summed E-state index contributed by atoms with van der Waals surface area (Å²) < 4.78 is 34.1. The molecule has 1 aromatic carbocycles. The van der Waals surface area contributed by atoms with Gasteiger partial charge in [0.25, 0.3) is 0 Å². The van der Waals surface area contributed by atoms with Crippen molar-refractivity contribution in [2.24, 2.45) is 0 Å².